The molecule has 0 aromatic carbocycles. The van der Waals surface area contributed by atoms with E-state index < -0.39 is 11.9 Å². The highest BCUT2D eigenvalue weighted by Crippen LogP contribution is 2.38. The van der Waals surface area contributed by atoms with Gasteiger partial charge in [0.15, 0.2) is 0 Å². The fourth-order valence-electron chi connectivity index (χ4n) is 1.82. The lowest BCUT2D eigenvalue weighted by molar-refractivity contribution is -0.140. The lowest BCUT2D eigenvalue weighted by atomic mass is 10.2. The van der Waals surface area contributed by atoms with Gasteiger partial charge in [0.05, 0.1) is 18.0 Å². The first-order chi connectivity index (χ1) is 8.08. The van der Waals surface area contributed by atoms with E-state index in [9.17, 15) is 9.59 Å². The Morgan fingerprint density at radius 1 is 1.59 bits per heavy atom. The van der Waals surface area contributed by atoms with Crippen LogP contribution in [0.15, 0.2) is 12.4 Å². The normalized spacial score (nSPS) is 22.2. The molecule has 0 radical (unpaired) electrons. The maximum atomic E-state index is 11.5. The number of aliphatic carboxylic acids is 1. The first-order valence-electron chi connectivity index (χ1n) is 5.56. The molecule has 2 N–H and O–H groups in total. The summed E-state index contributed by atoms with van der Waals surface area (Å²) >= 11 is 0. The Labute approximate surface area is 98.6 Å². The minimum absolute atomic E-state index is 0.152. The maximum Gasteiger partial charge on any atom is 0.307 e. The molecule has 1 amide bonds. The first-order valence-corrected chi connectivity index (χ1v) is 5.56. The molecule has 1 heterocycles. The third kappa shape index (κ3) is 2.83. The van der Waals surface area contributed by atoms with Gasteiger partial charge in [-0.05, 0) is 18.4 Å². The van der Waals surface area contributed by atoms with Gasteiger partial charge in [0.25, 0.3) is 0 Å². The van der Waals surface area contributed by atoms with Crippen LogP contribution in [-0.2, 0) is 23.1 Å². The number of nitrogens with one attached hydrogen (secondary N) is 1. The number of aryl methyl sites for hydroxylation is 1. The molecule has 1 fully saturated rings. The summed E-state index contributed by atoms with van der Waals surface area (Å²) in [6.07, 6.45) is 4.82. The smallest absolute Gasteiger partial charge is 0.307 e. The van der Waals surface area contributed by atoms with Gasteiger partial charge in [0.1, 0.15) is 0 Å². The molecule has 1 saturated carbocycles. The lowest BCUT2D eigenvalue weighted by Gasteiger charge is -2.02. The van der Waals surface area contributed by atoms with Gasteiger partial charge in [-0.15, -0.1) is 0 Å². The molecule has 1 aliphatic rings. The molecule has 6 heteroatoms. The zero-order chi connectivity index (χ0) is 12.4. The highest BCUT2D eigenvalue weighted by atomic mass is 16.4. The van der Waals surface area contributed by atoms with Crippen LogP contribution < -0.4 is 5.32 Å². The van der Waals surface area contributed by atoms with Gasteiger partial charge in [0, 0.05) is 19.8 Å². The molecule has 0 saturated heterocycles. The van der Waals surface area contributed by atoms with Crippen LogP contribution in [0.5, 0.6) is 0 Å². The first kappa shape index (κ1) is 11.6. The van der Waals surface area contributed by atoms with Gasteiger partial charge in [-0.3, -0.25) is 14.3 Å². The van der Waals surface area contributed by atoms with Crippen molar-refractivity contribution in [2.75, 3.05) is 6.54 Å². The summed E-state index contributed by atoms with van der Waals surface area (Å²) in [7, 11) is 1.84. The fraction of sp³-hybridized carbons (Fsp3) is 0.545. The van der Waals surface area contributed by atoms with E-state index in [0.717, 1.165) is 5.56 Å². The number of hydrogen-bond acceptors (Lipinski definition) is 3. The molecule has 6 nitrogen and oxygen atoms in total. The van der Waals surface area contributed by atoms with Gasteiger partial charge in [-0.2, -0.15) is 5.10 Å². The molecule has 1 aromatic rings. The Hall–Kier alpha value is -1.85. The van der Waals surface area contributed by atoms with Gasteiger partial charge in [0.2, 0.25) is 5.91 Å². The van der Waals surface area contributed by atoms with E-state index in [-0.39, 0.29) is 11.8 Å². The van der Waals surface area contributed by atoms with E-state index in [1.54, 1.807) is 10.9 Å². The Morgan fingerprint density at radius 2 is 2.35 bits per heavy atom. The van der Waals surface area contributed by atoms with E-state index in [4.69, 9.17) is 5.11 Å². The summed E-state index contributed by atoms with van der Waals surface area (Å²) in [6, 6.07) is 0. The molecule has 0 bridgehead atoms. The van der Waals surface area contributed by atoms with Crippen molar-refractivity contribution in [1.82, 2.24) is 15.1 Å². The van der Waals surface area contributed by atoms with E-state index in [1.165, 1.54) is 0 Å². The molecular formula is C11H15N3O3. The van der Waals surface area contributed by atoms with Gasteiger partial charge in [-0.1, -0.05) is 0 Å². The Balaban J connectivity index is 1.69. The average molecular weight is 237 g/mol. The van der Waals surface area contributed by atoms with Crippen LogP contribution >= 0.6 is 0 Å². The highest BCUT2D eigenvalue weighted by Gasteiger charge is 2.48. The molecular weight excluding hydrogens is 222 g/mol. The third-order valence-corrected chi connectivity index (χ3v) is 2.92. The minimum Gasteiger partial charge on any atom is -0.481 e. The third-order valence-electron chi connectivity index (χ3n) is 2.92. The van der Waals surface area contributed by atoms with Crippen molar-refractivity contribution in [1.29, 1.82) is 0 Å². The monoisotopic (exact) mass is 237 g/mol. The number of carbonyl (C=O) groups is 2. The van der Waals surface area contributed by atoms with Gasteiger partial charge < -0.3 is 10.4 Å². The van der Waals surface area contributed by atoms with Gasteiger partial charge >= 0.3 is 5.97 Å². The molecule has 17 heavy (non-hydrogen) atoms. The molecule has 1 aromatic heterocycles. The summed E-state index contributed by atoms with van der Waals surface area (Å²) in [6.45, 7) is 0.521. The molecule has 0 spiro atoms. The Morgan fingerprint density at radius 3 is 2.88 bits per heavy atom. The fourth-order valence-corrected chi connectivity index (χ4v) is 1.82. The predicted octanol–water partition coefficient (Wildman–Crippen LogP) is -0.200. The molecule has 92 valence electrons. The Kier molecular flexibility index (Phi) is 3.12. The second kappa shape index (κ2) is 4.57. The quantitative estimate of drug-likeness (QED) is 0.742. The van der Waals surface area contributed by atoms with Crippen LogP contribution in [0.1, 0.15) is 12.0 Å². The van der Waals surface area contributed by atoms with Crippen LogP contribution in [0.2, 0.25) is 0 Å². The van der Waals surface area contributed by atoms with Gasteiger partial charge in [-0.25, -0.2) is 0 Å². The van der Waals surface area contributed by atoms with E-state index in [1.807, 2.05) is 13.2 Å². The van der Waals surface area contributed by atoms with Crippen molar-refractivity contribution in [3.8, 4) is 0 Å². The minimum atomic E-state index is -0.877. The Bertz CT molecular complexity index is 441. The average Bonchev–Trinajstić information content (AvgIpc) is 2.97. The maximum absolute atomic E-state index is 11.5. The van der Waals surface area contributed by atoms with Crippen molar-refractivity contribution in [2.45, 2.75) is 12.8 Å². The van der Waals surface area contributed by atoms with Crippen LogP contribution in [0, 0.1) is 11.8 Å². The largest absolute Gasteiger partial charge is 0.481 e. The van der Waals surface area contributed by atoms with E-state index in [2.05, 4.69) is 10.4 Å². The summed E-state index contributed by atoms with van der Waals surface area (Å²) in [4.78, 5) is 22.1. The summed E-state index contributed by atoms with van der Waals surface area (Å²) < 4.78 is 1.71. The van der Waals surface area contributed by atoms with Crippen LogP contribution in [0.25, 0.3) is 0 Å². The number of hydrogen-bond donors (Lipinski definition) is 2. The second-order valence-corrected chi connectivity index (χ2v) is 4.35. The topological polar surface area (TPSA) is 84.2 Å². The van der Waals surface area contributed by atoms with Crippen molar-refractivity contribution in [3.05, 3.63) is 18.0 Å². The number of amides is 1. The molecule has 0 aliphatic heterocycles. The molecule has 2 atom stereocenters. The van der Waals surface area contributed by atoms with Crippen molar-refractivity contribution in [3.63, 3.8) is 0 Å². The molecule has 2 rings (SSSR count). The van der Waals surface area contributed by atoms with E-state index in [0.29, 0.717) is 19.4 Å². The molecule has 0 unspecified atom stereocenters. The second-order valence-electron chi connectivity index (χ2n) is 4.35. The van der Waals surface area contributed by atoms with Crippen LogP contribution in [0.3, 0.4) is 0 Å². The number of carbonyl (C=O) groups excluding carboxylic acids is 1. The lowest BCUT2D eigenvalue weighted by Crippen LogP contribution is -2.28. The summed E-state index contributed by atoms with van der Waals surface area (Å²) in [5.74, 6) is -1.84. The SMILES string of the molecule is Cn1cc(CCNC(=O)[C@@H]2C[C@@H]2C(=O)O)cn1. The van der Waals surface area contributed by atoms with Crippen molar-refractivity contribution in [2.24, 2.45) is 18.9 Å². The summed E-state index contributed by atoms with van der Waals surface area (Å²) in [5, 5.41) is 15.5. The number of carboxylic acid groups (broad SMARTS) is 1. The van der Waals surface area contributed by atoms with Crippen molar-refractivity contribution >= 4 is 11.9 Å². The zero-order valence-electron chi connectivity index (χ0n) is 9.59. The molecule has 1 aliphatic carbocycles. The van der Waals surface area contributed by atoms with Crippen LogP contribution in [0.4, 0.5) is 0 Å². The number of aromatic nitrogens is 2. The standard InChI is InChI=1S/C11H15N3O3/c1-14-6-7(5-13-14)2-3-12-10(15)8-4-9(8)11(16)17/h5-6,8-9H,2-4H2,1H3,(H,12,15)(H,16,17)/t8-,9+/m1/s1. The van der Waals surface area contributed by atoms with Crippen LogP contribution in [-0.4, -0.2) is 33.3 Å². The number of nitrogens with zero attached hydrogens (tertiary/aromatic N) is 2. The predicted molar refractivity (Wildman–Crippen MR) is 59.2 cm³/mol. The number of carboxylic acids is 1. The summed E-state index contributed by atoms with van der Waals surface area (Å²) in [5.41, 5.74) is 1.05. The zero-order valence-corrected chi connectivity index (χ0v) is 9.59. The van der Waals surface area contributed by atoms with Crippen molar-refractivity contribution < 1.29 is 14.7 Å². The highest BCUT2D eigenvalue weighted by molar-refractivity contribution is 5.89. The van der Waals surface area contributed by atoms with E-state index >= 15 is 0 Å². The number of rotatable bonds is 5.